The quantitative estimate of drug-likeness (QED) is 0.337. The number of rotatable bonds is 5. The lowest BCUT2D eigenvalue weighted by Crippen LogP contribution is -2.43. The van der Waals surface area contributed by atoms with Gasteiger partial charge in [-0.25, -0.2) is 4.98 Å². The summed E-state index contributed by atoms with van der Waals surface area (Å²) >= 11 is 0. The summed E-state index contributed by atoms with van der Waals surface area (Å²) in [4.78, 5) is 26.2. The number of benzene rings is 2. The highest BCUT2D eigenvalue weighted by Gasteiger charge is 2.32. The van der Waals surface area contributed by atoms with E-state index in [1.54, 1.807) is 43.0 Å². The van der Waals surface area contributed by atoms with Crippen LogP contribution in [0.4, 0.5) is 18.9 Å². The third-order valence-corrected chi connectivity index (χ3v) is 7.15. The van der Waals surface area contributed by atoms with Crippen LogP contribution in [0.2, 0.25) is 0 Å². The first-order valence-corrected chi connectivity index (χ1v) is 13.4. The summed E-state index contributed by atoms with van der Waals surface area (Å²) in [5, 5.41) is 2.74. The standard InChI is InChI=1S/C31H31F3N6O/c1-21(2)29-23(7-8-26-18-36-28-19-35-9-10-40(26)28)5-4-6-27(29)30(41)37-25-16-22(15-24(17-25)31(32,33)34)20-39-13-11-38(3)12-14-39/h4-6,9-10,15-19,21H,11-14,20H2,1-3H3,(H,37,41). The molecule has 0 aliphatic carbocycles. The van der Waals surface area contributed by atoms with Crippen LogP contribution < -0.4 is 5.32 Å². The number of amides is 1. The number of alkyl halides is 3. The summed E-state index contributed by atoms with van der Waals surface area (Å²) in [6.07, 6.45) is 2.18. The van der Waals surface area contributed by atoms with Crippen molar-refractivity contribution < 1.29 is 18.0 Å². The zero-order valence-corrected chi connectivity index (χ0v) is 23.2. The number of halogens is 3. The maximum atomic E-state index is 13.8. The van der Waals surface area contributed by atoms with Gasteiger partial charge in [0.05, 0.1) is 18.0 Å². The summed E-state index contributed by atoms with van der Waals surface area (Å²) in [6, 6.07) is 9.03. The van der Waals surface area contributed by atoms with E-state index in [2.05, 4.69) is 36.9 Å². The van der Waals surface area contributed by atoms with Crippen molar-refractivity contribution in [1.29, 1.82) is 0 Å². The van der Waals surface area contributed by atoms with Crippen molar-refractivity contribution in [2.45, 2.75) is 32.5 Å². The molecule has 0 unspecified atom stereocenters. The van der Waals surface area contributed by atoms with Gasteiger partial charge in [-0.1, -0.05) is 25.8 Å². The van der Waals surface area contributed by atoms with Crippen LogP contribution in [0.15, 0.2) is 61.2 Å². The van der Waals surface area contributed by atoms with Gasteiger partial charge in [-0.05, 0) is 60.3 Å². The maximum absolute atomic E-state index is 13.8. The lowest BCUT2D eigenvalue weighted by Gasteiger charge is -2.32. The van der Waals surface area contributed by atoms with Crippen molar-refractivity contribution in [1.82, 2.24) is 24.2 Å². The van der Waals surface area contributed by atoms with E-state index in [1.807, 2.05) is 31.4 Å². The fourth-order valence-electron chi connectivity index (χ4n) is 5.04. The molecule has 1 aliphatic heterocycles. The average molecular weight is 561 g/mol. The first-order chi connectivity index (χ1) is 19.6. The van der Waals surface area contributed by atoms with Crippen LogP contribution in [0.3, 0.4) is 0 Å². The van der Waals surface area contributed by atoms with Gasteiger partial charge in [-0.15, -0.1) is 0 Å². The number of fused-ring (bicyclic) bond motifs is 1. The molecule has 0 radical (unpaired) electrons. The van der Waals surface area contributed by atoms with E-state index < -0.39 is 17.6 Å². The van der Waals surface area contributed by atoms with Gasteiger partial charge in [-0.2, -0.15) is 13.2 Å². The largest absolute Gasteiger partial charge is 0.416 e. The zero-order valence-electron chi connectivity index (χ0n) is 23.2. The van der Waals surface area contributed by atoms with E-state index in [0.717, 1.165) is 37.8 Å². The topological polar surface area (TPSA) is 65.8 Å². The second-order valence-electron chi connectivity index (χ2n) is 10.6. The van der Waals surface area contributed by atoms with Crippen LogP contribution in [0.1, 0.15) is 58.1 Å². The van der Waals surface area contributed by atoms with Crippen LogP contribution in [0.5, 0.6) is 0 Å². The fraction of sp³-hybridized carbons (Fsp3) is 0.323. The Kier molecular flexibility index (Phi) is 8.10. The number of anilines is 1. The Balaban J connectivity index is 1.44. The van der Waals surface area contributed by atoms with Crippen molar-refractivity contribution in [2.75, 3.05) is 38.5 Å². The van der Waals surface area contributed by atoms with Crippen molar-refractivity contribution in [3.8, 4) is 11.8 Å². The number of hydrogen-bond acceptors (Lipinski definition) is 5. The van der Waals surface area contributed by atoms with Gasteiger partial charge < -0.3 is 10.2 Å². The molecule has 1 saturated heterocycles. The third-order valence-electron chi connectivity index (χ3n) is 7.15. The molecule has 0 spiro atoms. The SMILES string of the molecule is CC(C)c1c(C#Cc2cnc3cnccn23)cccc1C(=O)Nc1cc(CN2CCN(C)CC2)cc(C(F)(F)F)c1. The highest BCUT2D eigenvalue weighted by molar-refractivity contribution is 6.06. The molecule has 1 fully saturated rings. The Hall–Kier alpha value is -4.20. The number of piperazine rings is 1. The molecule has 1 aliphatic rings. The summed E-state index contributed by atoms with van der Waals surface area (Å²) in [5.41, 5.74) is 2.92. The van der Waals surface area contributed by atoms with Crippen molar-refractivity contribution in [2.24, 2.45) is 0 Å². The first-order valence-electron chi connectivity index (χ1n) is 13.4. The number of nitrogens with one attached hydrogen (secondary N) is 1. The predicted octanol–water partition coefficient (Wildman–Crippen LogP) is 5.27. The molecule has 5 rings (SSSR count). The number of hydrogen-bond donors (Lipinski definition) is 1. The molecule has 41 heavy (non-hydrogen) atoms. The van der Waals surface area contributed by atoms with Gasteiger partial charge in [0.25, 0.3) is 5.91 Å². The Morgan fingerprint density at radius 3 is 2.59 bits per heavy atom. The molecule has 10 heteroatoms. The molecule has 4 aromatic rings. The van der Waals surface area contributed by atoms with Crippen LogP contribution in [-0.2, 0) is 12.7 Å². The normalized spacial score (nSPS) is 14.7. The van der Waals surface area contributed by atoms with E-state index in [9.17, 15) is 18.0 Å². The summed E-state index contributed by atoms with van der Waals surface area (Å²) in [5.74, 6) is 5.74. The molecular formula is C31H31F3N6O. The molecule has 3 heterocycles. The fourth-order valence-corrected chi connectivity index (χ4v) is 5.04. The molecule has 0 bridgehead atoms. The first kappa shape index (κ1) is 28.3. The summed E-state index contributed by atoms with van der Waals surface area (Å²) in [6.45, 7) is 7.54. The molecule has 7 nitrogen and oxygen atoms in total. The number of imidazole rings is 1. The monoisotopic (exact) mass is 560 g/mol. The number of aromatic nitrogens is 3. The molecule has 212 valence electrons. The minimum Gasteiger partial charge on any atom is -0.322 e. The minimum absolute atomic E-state index is 0.0677. The Bertz CT molecular complexity index is 1620. The van der Waals surface area contributed by atoms with E-state index in [4.69, 9.17) is 0 Å². The van der Waals surface area contributed by atoms with Gasteiger partial charge in [0.1, 0.15) is 5.69 Å². The molecule has 1 amide bonds. The van der Waals surface area contributed by atoms with Crippen molar-refractivity contribution in [3.05, 3.63) is 94.7 Å². The van der Waals surface area contributed by atoms with Gasteiger partial charge in [0.15, 0.2) is 5.65 Å². The molecule has 0 saturated carbocycles. The molecule has 0 atom stereocenters. The van der Waals surface area contributed by atoms with Crippen molar-refractivity contribution >= 4 is 17.2 Å². The molecule has 2 aromatic carbocycles. The zero-order chi connectivity index (χ0) is 29.1. The molecule has 1 N–H and O–H groups in total. The van der Waals surface area contributed by atoms with Crippen LogP contribution in [0, 0.1) is 11.8 Å². The summed E-state index contributed by atoms with van der Waals surface area (Å²) < 4.78 is 43.2. The van der Waals surface area contributed by atoms with Crippen molar-refractivity contribution in [3.63, 3.8) is 0 Å². The van der Waals surface area contributed by atoms with Crippen LogP contribution in [0.25, 0.3) is 5.65 Å². The Labute approximate surface area is 237 Å². The maximum Gasteiger partial charge on any atom is 0.416 e. The van der Waals surface area contributed by atoms with E-state index in [1.165, 1.54) is 6.07 Å². The third kappa shape index (κ3) is 6.59. The van der Waals surface area contributed by atoms with E-state index in [-0.39, 0.29) is 11.6 Å². The second-order valence-corrected chi connectivity index (χ2v) is 10.6. The Morgan fingerprint density at radius 1 is 1.07 bits per heavy atom. The summed E-state index contributed by atoms with van der Waals surface area (Å²) in [7, 11) is 2.03. The van der Waals surface area contributed by atoms with Gasteiger partial charge >= 0.3 is 6.18 Å². The average Bonchev–Trinajstić information content (AvgIpc) is 3.35. The molecule has 2 aromatic heterocycles. The Morgan fingerprint density at radius 2 is 1.85 bits per heavy atom. The highest BCUT2D eigenvalue weighted by atomic mass is 19.4. The lowest BCUT2D eigenvalue weighted by molar-refractivity contribution is -0.137. The van der Waals surface area contributed by atoms with Gasteiger partial charge in [0.2, 0.25) is 0 Å². The van der Waals surface area contributed by atoms with E-state index >= 15 is 0 Å². The van der Waals surface area contributed by atoms with Gasteiger partial charge in [0, 0.05) is 61.9 Å². The number of carbonyl (C=O) groups is 1. The smallest absolute Gasteiger partial charge is 0.322 e. The predicted molar refractivity (Wildman–Crippen MR) is 152 cm³/mol. The number of carbonyl (C=O) groups excluding carboxylic acids is 1. The lowest BCUT2D eigenvalue weighted by atomic mass is 9.91. The van der Waals surface area contributed by atoms with Gasteiger partial charge in [-0.3, -0.25) is 19.1 Å². The number of nitrogens with zero attached hydrogens (tertiary/aromatic N) is 5. The number of likely N-dealkylation sites (N-methyl/N-ethyl adjacent to an activating group) is 1. The van der Waals surface area contributed by atoms with Crippen LogP contribution >= 0.6 is 0 Å². The second kappa shape index (κ2) is 11.7. The minimum atomic E-state index is -4.54. The highest BCUT2D eigenvalue weighted by Crippen LogP contribution is 2.33. The van der Waals surface area contributed by atoms with Crippen LogP contribution in [-0.4, -0.2) is 63.3 Å². The van der Waals surface area contributed by atoms with E-state index in [0.29, 0.717) is 34.6 Å². The molecular weight excluding hydrogens is 529 g/mol.